The predicted octanol–water partition coefficient (Wildman–Crippen LogP) is 4.06. The fourth-order valence-electron chi connectivity index (χ4n) is 3.72. The number of aromatic nitrogens is 2. The van der Waals surface area contributed by atoms with Crippen molar-refractivity contribution in [2.75, 3.05) is 0 Å². The summed E-state index contributed by atoms with van der Waals surface area (Å²) >= 11 is 1.33. The molecule has 8 heteroatoms. The number of esters is 1. The Morgan fingerprint density at radius 1 is 1.03 bits per heavy atom. The van der Waals surface area contributed by atoms with E-state index >= 15 is 0 Å². The Kier molecular flexibility index (Phi) is 6.53. The second kappa shape index (κ2) is 8.74. The number of nitrogens with zero attached hydrogens (tertiary/aromatic N) is 2. The molecule has 0 radical (unpaired) electrons. The van der Waals surface area contributed by atoms with E-state index in [1.165, 1.54) is 29.8 Å². The molecule has 2 heterocycles. The largest absolute Gasteiger partial charge is 0.458 e. The fourth-order valence-corrected chi connectivity index (χ4v) is 4.94. The monoisotopic (exact) mass is 470 g/mol. The minimum Gasteiger partial charge on any atom is -0.458 e. The molecular weight excluding hydrogens is 440 g/mol. The summed E-state index contributed by atoms with van der Waals surface area (Å²) in [5, 5.41) is 0.356. The third kappa shape index (κ3) is 4.57. The topological polar surface area (TPSA) is 87.4 Å². The number of thiophene rings is 1. The quantitative estimate of drug-likeness (QED) is 0.401. The summed E-state index contributed by atoms with van der Waals surface area (Å²) in [5.41, 5.74) is -2.41. The average Bonchev–Trinajstić information content (AvgIpc) is 3.06. The van der Waals surface area contributed by atoms with Gasteiger partial charge in [0, 0.05) is 10.4 Å². The SMILES string of the molecule is CCc1sc2c(c1C)c(=O)n(C(C)(C)C(=O)OC(C)(C)C)c(=O)n2CC(=O)c1ccccc1. The van der Waals surface area contributed by atoms with Crippen LogP contribution in [0, 0.1) is 6.92 Å². The molecule has 0 amide bonds. The molecule has 0 atom stereocenters. The maximum Gasteiger partial charge on any atom is 0.333 e. The third-order valence-electron chi connectivity index (χ3n) is 5.49. The van der Waals surface area contributed by atoms with Gasteiger partial charge in [0.2, 0.25) is 0 Å². The van der Waals surface area contributed by atoms with Crippen molar-refractivity contribution in [2.24, 2.45) is 0 Å². The smallest absolute Gasteiger partial charge is 0.333 e. The van der Waals surface area contributed by atoms with E-state index in [0.29, 0.717) is 22.2 Å². The van der Waals surface area contributed by atoms with Crippen LogP contribution in [0.1, 0.15) is 62.3 Å². The molecule has 0 bridgehead atoms. The number of benzene rings is 1. The first kappa shape index (κ1) is 24.6. The molecule has 1 aromatic carbocycles. The summed E-state index contributed by atoms with van der Waals surface area (Å²) in [6.07, 6.45) is 0.681. The summed E-state index contributed by atoms with van der Waals surface area (Å²) in [6, 6.07) is 8.68. The number of ether oxygens (including phenoxy) is 1. The van der Waals surface area contributed by atoms with Crippen molar-refractivity contribution < 1.29 is 14.3 Å². The van der Waals surface area contributed by atoms with Crippen LogP contribution in [0.2, 0.25) is 0 Å². The molecule has 0 aliphatic heterocycles. The Morgan fingerprint density at radius 3 is 2.18 bits per heavy atom. The van der Waals surface area contributed by atoms with Gasteiger partial charge in [-0.15, -0.1) is 11.3 Å². The van der Waals surface area contributed by atoms with Gasteiger partial charge >= 0.3 is 11.7 Å². The normalized spacial score (nSPS) is 12.2. The number of Topliss-reactive ketones (excluding diaryl/α,β-unsaturated/α-hetero) is 1. The number of ketones is 1. The maximum absolute atomic E-state index is 13.7. The van der Waals surface area contributed by atoms with E-state index in [2.05, 4.69) is 0 Å². The second-order valence-electron chi connectivity index (χ2n) is 9.54. The van der Waals surface area contributed by atoms with Gasteiger partial charge in [0.25, 0.3) is 5.56 Å². The molecule has 0 fully saturated rings. The lowest BCUT2D eigenvalue weighted by atomic mass is 10.0. The molecule has 3 aromatic rings. The van der Waals surface area contributed by atoms with E-state index in [-0.39, 0.29) is 12.3 Å². The van der Waals surface area contributed by atoms with Gasteiger partial charge in [0.1, 0.15) is 16.0 Å². The molecule has 0 saturated heterocycles. The van der Waals surface area contributed by atoms with Crippen molar-refractivity contribution in [1.29, 1.82) is 0 Å². The minimum absolute atomic E-state index is 0.243. The zero-order valence-corrected chi connectivity index (χ0v) is 21.0. The number of carbonyl (C=O) groups excluding carboxylic acids is 2. The van der Waals surface area contributed by atoms with E-state index in [9.17, 15) is 19.2 Å². The molecule has 176 valence electrons. The van der Waals surface area contributed by atoms with Gasteiger partial charge in [-0.2, -0.15) is 0 Å². The molecule has 33 heavy (non-hydrogen) atoms. The van der Waals surface area contributed by atoms with Crippen molar-refractivity contribution in [3.63, 3.8) is 0 Å². The molecule has 0 unspecified atom stereocenters. The molecule has 2 aromatic heterocycles. The van der Waals surface area contributed by atoms with Crippen LogP contribution in [-0.2, 0) is 28.0 Å². The van der Waals surface area contributed by atoms with Crippen LogP contribution >= 0.6 is 11.3 Å². The first-order valence-electron chi connectivity index (χ1n) is 10.9. The van der Waals surface area contributed by atoms with Crippen LogP contribution in [0.25, 0.3) is 10.2 Å². The molecule has 0 spiro atoms. The predicted molar refractivity (Wildman–Crippen MR) is 130 cm³/mol. The number of hydrogen-bond acceptors (Lipinski definition) is 6. The van der Waals surface area contributed by atoms with E-state index in [4.69, 9.17) is 4.74 Å². The van der Waals surface area contributed by atoms with E-state index in [0.717, 1.165) is 15.0 Å². The molecule has 0 aliphatic rings. The number of fused-ring (bicyclic) bond motifs is 1. The molecule has 7 nitrogen and oxygen atoms in total. The lowest BCUT2D eigenvalue weighted by Gasteiger charge is -2.30. The summed E-state index contributed by atoms with van der Waals surface area (Å²) in [5.74, 6) is -0.957. The van der Waals surface area contributed by atoms with Crippen molar-refractivity contribution in [3.05, 3.63) is 67.2 Å². The third-order valence-corrected chi connectivity index (χ3v) is 6.95. The van der Waals surface area contributed by atoms with Crippen LogP contribution in [0.4, 0.5) is 0 Å². The van der Waals surface area contributed by atoms with Crippen molar-refractivity contribution >= 4 is 33.3 Å². The van der Waals surface area contributed by atoms with Crippen LogP contribution in [0.5, 0.6) is 0 Å². The Bertz CT molecular complexity index is 1340. The van der Waals surface area contributed by atoms with Gasteiger partial charge in [-0.25, -0.2) is 14.2 Å². The Balaban J connectivity index is 2.30. The highest BCUT2D eigenvalue weighted by Crippen LogP contribution is 2.29. The standard InChI is InChI=1S/C25H30N2O5S/c1-8-18-15(2)19-20(29)27(25(6,7)22(30)32-24(3,4)5)23(31)26(21(19)33-18)14-17(28)16-12-10-9-11-13-16/h9-13H,8,14H2,1-7H3. The minimum atomic E-state index is -1.58. The zero-order valence-electron chi connectivity index (χ0n) is 20.1. The van der Waals surface area contributed by atoms with E-state index in [1.807, 2.05) is 13.8 Å². The first-order chi connectivity index (χ1) is 15.3. The molecule has 3 rings (SSSR count). The first-order valence-corrected chi connectivity index (χ1v) is 11.7. The molecule has 0 aliphatic carbocycles. The number of aryl methyl sites for hydroxylation is 2. The Hall–Kier alpha value is -3.00. The highest BCUT2D eigenvalue weighted by atomic mass is 32.1. The Labute approximate surface area is 196 Å². The van der Waals surface area contributed by atoms with Gasteiger partial charge in [0.05, 0.1) is 11.9 Å². The number of hydrogen-bond donors (Lipinski definition) is 0. The molecule has 0 N–H and O–H groups in total. The maximum atomic E-state index is 13.7. The highest BCUT2D eigenvalue weighted by molar-refractivity contribution is 7.18. The van der Waals surface area contributed by atoms with Crippen molar-refractivity contribution in [1.82, 2.24) is 9.13 Å². The Morgan fingerprint density at radius 2 is 1.64 bits per heavy atom. The van der Waals surface area contributed by atoms with Crippen LogP contribution in [-0.4, -0.2) is 26.5 Å². The second-order valence-corrected chi connectivity index (χ2v) is 10.6. The molecule has 0 saturated carbocycles. The summed E-state index contributed by atoms with van der Waals surface area (Å²) in [4.78, 5) is 54.7. The van der Waals surface area contributed by atoms with Crippen LogP contribution < -0.4 is 11.2 Å². The average molecular weight is 471 g/mol. The van der Waals surface area contributed by atoms with Crippen LogP contribution in [0.3, 0.4) is 0 Å². The van der Waals surface area contributed by atoms with Gasteiger partial charge in [-0.05, 0) is 53.5 Å². The van der Waals surface area contributed by atoms with Crippen molar-refractivity contribution in [3.8, 4) is 0 Å². The summed E-state index contributed by atoms with van der Waals surface area (Å²) < 4.78 is 7.76. The van der Waals surface area contributed by atoms with E-state index < -0.39 is 28.4 Å². The summed E-state index contributed by atoms with van der Waals surface area (Å²) in [6.45, 7) is 11.7. The highest BCUT2D eigenvalue weighted by Gasteiger charge is 2.38. The van der Waals surface area contributed by atoms with Gasteiger partial charge in [-0.1, -0.05) is 37.3 Å². The lowest BCUT2D eigenvalue weighted by Crippen LogP contribution is -2.54. The van der Waals surface area contributed by atoms with Gasteiger partial charge in [0.15, 0.2) is 5.78 Å². The van der Waals surface area contributed by atoms with Crippen molar-refractivity contribution in [2.45, 2.75) is 72.6 Å². The van der Waals surface area contributed by atoms with E-state index in [1.54, 1.807) is 51.1 Å². The zero-order chi connectivity index (χ0) is 24.7. The van der Waals surface area contributed by atoms with Crippen LogP contribution in [0.15, 0.2) is 39.9 Å². The summed E-state index contributed by atoms with van der Waals surface area (Å²) in [7, 11) is 0. The van der Waals surface area contributed by atoms with Gasteiger partial charge < -0.3 is 4.74 Å². The van der Waals surface area contributed by atoms with Gasteiger partial charge in [-0.3, -0.25) is 14.2 Å². The number of rotatable bonds is 6. The fraction of sp³-hybridized carbons (Fsp3) is 0.440. The lowest BCUT2D eigenvalue weighted by molar-refractivity contribution is -0.164. The molecular formula is C25H30N2O5S. The number of carbonyl (C=O) groups is 2.